The molecule has 2 unspecified atom stereocenters. The van der Waals surface area contributed by atoms with E-state index in [2.05, 4.69) is 15.3 Å². The van der Waals surface area contributed by atoms with Gasteiger partial charge in [-0.1, -0.05) is 26.3 Å². The van der Waals surface area contributed by atoms with Gasteiger partial charge in [-0.05, 0) is 43.4 Å². The van der Waals surface area contributed by atoms with E-state index >= 15 is 0 Å². The Labute approximate surface area is 141 Å². The smallest absolute Gasteiger partial charge is 0.323 e. The van der Waals surface area contributed by atoms with E-state index in [1.165, 1.54) is 0 Å². The minimum atomic E-state index is -0.879. The zero-order chi connectivity index (χ0) is 17.7. The van der Waals surface area contributed by atoms with Crippen molar-refractivity contribution in [3.8, 4) is 0 Å². The number of H-pyrrole nitrogens is 2. The maximum absolute atomic E-state index is 11.9. The number of nitrogens with one attached hydrogen (secondary N) is 3. The normalized spacial score (nSPS) is 15.2. The SMILES string of the molecule is CCC(C)C(C)(O)CNC(=O)CCCc1ccc2[nH]c(=O)[nH]c2c1. The first-order chi connectivity index (χ1) is 11.3. The van der Waals surface area contributed by atoms with E-state index < -0.39 is 5.60 Å². The number of rotatable bonds is 8. The van der Waals surface area contributed by atoms with Crippen LogP contribution in [0.15, 0.2) is 23.0 Å². The maximum atomic E-state index is 11.9. The first kappa shape index (κ1) is 18.3. The average molecular weight is 333 g/mol. The molecule has 24 heavy (non-hydrogen) atoms. The van der Waals surface area contributed by atoms with Crippen LogP contribution < -0.4 is 11.0 Å². The molecule has 0 spiro atoms. The highest BCUT2D eigenvalue weighted by atomic mass is 16.3. The molecule has 6 heteroatoms. The predicted octanol–water partition coefficient (Wildman–Crippen LogP) is 2.09. The summed E-state index contributed by atoms with van der Waals surface area (Å²) in [5.74, 6) is 0.0859. The first-order valence-corrected chi connectivity index (χ1v) is 8.52. The van der Waals surface area contributed by atoms with Crippen molar-refractivity contribution >= 4 is 16.9 Å². The van der Waals surface area contributed by atoms with Crippen LogP contribution in [0.25, 0.3) is 11.0 Å². The van der Waals surface area contributed by atoms with Crippen LogP contribution in [0, 0.1) is 5.92 Å². The summed E-state index contributed by atoms with van der Waals surface area (Å²) in [5, 5.41) is 13.1. The number of hydrogen-bond donors (Lipinski definition) is 4. The summed E-state index contributed by atoms with van der Waals surface area (Å²) in [4.78, 5) is 28.6. The van der Waals surface area contributed by atoms with Crippen molar-refractivity contribution in [1.29, 1.82) is 0 Å². The molecule has 2 atom stereocenters. The zero-order valence-corrected chi connectivity index (χ0v) is 14.6. The van der Waals surface area contributed by atoms with Crippen LogP contribution in [-0.4, -0.2) is 33.1 Å². The number of aryl methyl sites for hydroxylation is 1. The van der Waals surface area contributed by atoms with Gasteiger partial charge in [0, 0.05) is 13.0 Å². The average Bonchev–Trinajstić information content (AvgIpc) is 2.91. The number of imidazole rings is 1. The molecule has 0 bridgehead atoms. The lowest BCUT2D eigenvalue weighted by molar-refractivity contribution is -0.122. The third-order valence-electron chi connectivity index (χ3n) is 4.77. The van der Waals surface area contributed by atoms with Crippen LogP contribution in [0.5, 0.6) is 0 Å². The third-order valence-corrected chi connectivity index (χ3v) is 4.77. The van der Waals surface area contributed by atoms with Crippen LogP contribution in [0.1, 0.15) is 45.6 Å². The summed E-state index contributed by atoms with van der Waals surface area (Å²) in [6.45, 7) is 6.04. The molecule has 0 saturated heterocycles. The molecule has 1 heterocycles. The Morgan fingerprint density at radius 3 is 2.75 bits per heavy atom. The molecule has 0 aliphatic carbocycles. The van der Waals surface area contributed by atoms with E-state index in [0.29, 0.717) is 6.42 Å². The number of benzene rings is 1. The standard InChI is InChI=1S/C18H27N3O3/c1-4-12(2)18(3,24)11-19-16(22)7-5-6-13-8-9-14-15(10-13)21-17(23)20-14/h8-10,12,24H,4-7,11H2,1-3H3,(H,19,22)(H2,20,21,23). The van der Waals surface area contributed by atoms with Gasteiger partial charge in [-0.15, -0.1) is 0 Å². The Balaban J connectivity index is 1.78. The fourth-order valence-electron chi connectivity index (χ4n) is 2.67. The van der Waals surface area contributed by atoms with E-state index in [1.54, 1.807) is 6.92 Å². The topological polar surface area (TPSA) is 98.0 Å². The molecular formula is C18H27N3O3. The molecule has 2 rings (SSSR count). The van der Waals surface area contributed by atoms with E-state index in [9.17, 15) is 14.7 Å². The second kappa shape index (κ2) is 7.66. The molecule has 6 nitrogen and oxygen atoms in total. The quantitative estimate of drug-likeness (QED) is 0.595. The Hall–Kier alpha value is -2.08. The van der Waals surface area contributed by atoms with E-state index in [0.717, 1.165) is 35.9 Å². The molecule has 132 valence electrons. The molecule has 0 radical (unpaired) electrons. The minimum Gasteiger partial charge on any atom is -0.388 e. The van der Waals surface area contributed by atoms with Crippen molar-refractivity contribution in [1.82, 2.24) is 15.3 Å². The van der Waals surface area contributed by atoms with Crippen LogP contribution >= 0.6 is 0 Å². The molecule has 1 amide bonds. The highest BCUT2D eigenvalue weighted by Gasteiger charge is 2.27. The van der Waals surface area contributed by atoms with E-state index in [4.69, 9.17) is 0 Å². The minimum absolute atomic E-state index is 0.0466. The highest BCUT2D eigenvalue weighted by molar-refractivity contribution is 5.76. The van der Waals surface area contributed by atoms with Crippen LogP contribution in [-0.2, 0) is 11.2 Å². The number of carbonyl (C=O) groups is 1. The van der Waals surface area contributed by atoms with Crippen molar-refractivity contribution < 1.29 is 9.90 Å². The van der Waals surface area contributed by atoms with E-state index in [-0.39, 0.29) is 24.1 Å². The molecule has 1 aromatic heterocycles. The van der Waals surface area contributed by atoms with Crippen molar-refractivity contribution in [3.05, 3.63) is 34.2 Å². The Morgan fingerprint density at radius 2 is 2.04 bits per heavy atom. The van der Waals surface area contributed by atoms with Crippen LogP contribution in [0.3, 0.4) is 0 Å². The number of aliphatic hydroxyl groups is 1. The molecule has 0 aliphatic heterocycles. The van der Waals surface area contributed by atoms with Gasteiger partial charge in [0.2, 0.25) is 5.91 Å². The summed E-state index contributed by atoms with van der Waals surface area (Å²) >= 11 is 0. The molecular weight excluding hydrogens is 306 g/mol. The molecule has 0 fully saturated rings. The van der Waals surface area contributed by atoms with Crippen molar-refractivity contribution in [2.75, 3.05) is 6.54 Å². The fraction of sp³-hybridized carbons (Fsp3) is 0.556. The number of hydrogen-bond acceptors (Lipinski definition) is 3. The van der Waals surface area contributed by atoms with Crippen LogP contribution in [0.2, 0.25) is 0 Å². The Bertz CT molecular complexity index is 745. The van der Waals surface area contributed by atoms with Gasteiger partial charge in [0.1, 0.15) is 0 Å². The van der Waals surface area contributed by atoms with Gasteiger partial charge in [-0.3, -0.25) is 4.79 Å². The first-order valence-electron chi connectivity index (χ1n) is 8.52. The molecule has 1 aromatic carbocycles. The van der Waals surface area contributed by atoms with Gasteiger partial charge >= 0.3 is 5.69 Å². The van der Waals surface area contributed by atoms with Gasteiger partial charge in [-0.25, -0.2) is 4.79 Å². The van der Waals surface area contributed by atoms with Crippen molar-refractivity contribution in [2.24, 2.45) is 5.92 Å². The van der Waals surface area contributed by atoms with Gasteiger partial charge in [0.15, 0.2) is 0 Å². The highest BCUT2D eigenvalue weighted by Crippen LogP contribution is 2.19. The zero-order valence-electron chi connectivity index (χ0n) is 14.6. The predicted molar refractivity (Wildman–Crippen MR) is 94.9 cm³/mol. The van der Waals surface area contributed by atoms with Gasteiger partial charge in [0.05, 0.1) is 16.6 Å². The summed E-state index contributed by atoms with van der Waals surface area (Å²) in [7, 11) is 0. The number of fused-ring (bicyclic) bond motifs is 1. The Kier molecular flexibility index (Phi) is 5.83. The van der Waals surface area contributed by atoms with Crippen LogP contribution in [0.4, 0.5) is 0 Å². The fourth-order valence-corrected chi connectivity index (χ4v) is 2.67. The number of carbonyl (C=O) groups excluding carboxylic acids is 1. The third kappa shape index (κ3) is 4.71. The number of aromatic nitrogens is 2. The lowest BCUT2D eigenvalue weighted by atomic mass is 9.88. The molecule has 0 saturated carbocycles. The van der Waals surface area contributed by atoms with E-state index in [1.807, 2.05) is 32.0 Å². The summed E-state index contributed by atoms with van der Waals surface area (Å²) in [6, 6.07) is 5.75. The van der Waals surface area contributed by atoms with Gasteiger partial charge in [0.25, 0.3) is 0 Å². The summed E-state index contributed by atoms with van der Waals surface area (Å²) in [6.07, 6.45) is 2.76. The number of aromatic amines is 2. The van der Waals surface area contributed by atoms with Crippen molar-refractivity contribution in [2.45, 2.75) is 52.1 Å². The number of amides is 1. The monoisotopic (exact) mass is 333 g/mol. The molecule has 2 aromatic rings. The van der Waals surface area contributed by atoms with Gasteiger partial charge in [-0.2, -0.15) is 0 Å². The van der Waals surface area contributed by atoms with Crippen molar-refractivity contribution in [3.63, 3.8) is 0 Å². The Morgan fingerprint density at radius 1 is 1.33 bits per heavy atom. The van der Waals surface area contributed by atoms with Gasteiger partial charge < -0.3 is 20.4 Å². The largest absolute Gasteiger partial charge is 0.388 e. The lowest BCUT2D eigenvalue weighted by Crippen LogP contribution is -2.45. The second-order valence-electron chi connectivity index (χ2n) is 6.76. The second-order valence-corrected chi connectivity index (χ2v) is 6.76. The summed E-state index contributed by atoms with van der Waals surface area (Å²) in [5.41, 5.74) is 1.56. The lowest BCUT2D eigenvalue weighted by Gasteiger charge is -2.29. The molecule has 4 N–H and O–H groups in total. The molecule has 0 aliphatic rings. The maximum Gasteiger partial charge on any atom is 0.323 e. The summed E-state index contributed by atoms with van der Waals surface area (Å²) < 4.78 is 0.